The molecule has 2 aromatic rings. The Bertz CT molecular complexity index is 564. The van der Waals surface area contributed by atoms with Gasteiger partial charge in [-0.2, -0.15) is 0 Å². The van der Waals surface area contributed by atoms with Gasteiger partial charge in [0.15, 0.2) is 5.75 Å². The minimum atomic E-state index is 0.515. The SMILES string of the molecule is CCC(C)c1ccc(Oc2cccc(OC)c2N)cc1. The van der Waals surface area contributed by atoms with Gasteiger partial charge in [-0.15, -0.1) is 0 Å². The van der Waals surface area contributed by atoms with Crippen molar-refractivity contribution in [1.29, 1.82) is 0 Å². The van der Waals surface area contributed by atoms with Crippen molar-refractivity contribution in [1.82, 2.24) is 0 Å². The zero-order valence-corrected chi connectivity index (χ0v) is 12.2. The third-order valence-corrected chi connectivity index (χ3v) is 3.54. The Balaban J connectivity index is 2.18. The van der Waals surface area contributed by atoms with Gasteiger partial charge in [-0.25, -0.2) is 0 Å². The molecule has 0 aliphatic carbocycles. The second-order valence-electron chi connectivity index (χ2n) is 4.85. The fraction of sp³-hybridized carbons (Fsp3) is 0.294. The highest BCUT2D eigenvalue weighted by Gasteiger charge is 2.08. The average molecular weight is 271 g/mol. The van der Waals surface area contributed by atoms with Crippen LogP contribution in [-0.2, 0) is 0 Å². The molecular formula is C17H21NO2. The van der Waals surface area contributed by atoms with Crippen molar-refractivity contribution >= 4 is 5.69 Å². The van der Waals surface area contributed by atoms with Gasteiger partial charge in [-0.3, -0.25) is 0 Å². The van der Waals surface area contributed by atoms with E-state index in [1.807, 2.05) is 30.3 Å². The van der Waals surface area contributed by atoms with Crippen LogP contribution in [0.25, 0.3) is 0 Å². The summed E-state index contributed by atoms with van der Waals surface area (Å²) >= 11 is 0. The highest BCUT2D eigenvalue weighted by molar-refractivity contribution is 5.63. The molecule has 2 N–H and O–H groups in total. The molecule has 0 saturated heterocycles. The smallest absolute Gasteiger partial charge is 0.154 e. The van der Waals surface area contributed by atoms with E-state index in [0.717, 1.165) is 12.2 Å². The second-order valence-corrected chi connectivity index (χ2v) is 4.85. The Labute approximate surface area is 120 Å². The fourth-order valence-corrected chi connectivity index (χ4v) is 2.02. The number of hydrogen-bond acceptors (Lipinski definition) is 3. The molecule has 0 aromatic heterocycles. The summed E-state index contributed by atoms with van der Waals surface area (Å²) in [7, 11) is 1.59. The summed E-state index contributed by atoms with van der Waals surface area (Å²) in [5, 5.41) is 0. The Morgan fingerprint density at radius 2 is 1.70 bits per heavy atom. The van der Waals surface area contributed by atoms with Crippen LogP contribution in [-0.4, -0.2) is 7.11 Å². The van der Waals surface area contributed by atoms with E-state index in [9.17, 15) is 0 Å². The second kappa shape index (κ2) is 6.33. The van der Waals surface area contributed by atoms with E-state index in [-0.39, 0.29) is 0 Å². The first-order chi connectivity index (χ1) is 9.65. The number of nitrogens with two attached hydrogens (primary N) is 1. The first-order valence-corrected chi connectivity index (χ1v) is 6.86. The summed E-state index contributed by atoms with van der Waals surface area (Å²) in [5.74, 6) is 2.57. The Kier molecular flexibility index (Phi) is 4.51. The number of benzene rings is 2. The van der Waals surface area contributed by atoms with E-state index < -0.39 is 0 Å². The molecule has 0 aliphatic rings. The van der Waals surface area contributed by atoms with Crippen LogP contribution in [0.15, 0.2) is 42.5 Å². The third-order valence-electron chi connectivity index (χ3n) is 3.54. The van der Waals surface area contributed by atoms with E-state index in [2.05, 4.69) is 26.0 Å². The number of methoxy groups -OCH3 is 1. The molecule has 0 fully saturated rings. The van der Waals surface area contributed by atoms with Gasteiger partial charge in [0.2, 0.25) is 0 Å². The number of rotatable bonds is 5. The van der Waals surface area contributed by atoms with Gasteiger partial charge in [0.05, 0.1) is 7.11 Å². The Morgan fingerprint density at radius 1 is 1.05 bits per heavy atom. The molecule has 0 saturated carbocycles. The van der Waals surface area contributed by atoms with E-state index >= 15 is 0 Å². The summed E-state index contributed by atoms with van der Waals surface area (Å²) in [6.07, 6.45) is 1.13. The molecule has 0 heterocycles. The summed E-state index contributed by atoms with van der Waals surface area (Å²) in [5.41, 5.74) is 7.82. The van der Waals surface area contributed by atoms with E-state index in [1.54, 1.807) is 7.11 Å². The predicted molar refractivity (Wildman–Crippen MR) is 82.6 cm³/mol. The van der Waals surface area contributed by atoms with Crippen molar-refractivity contribution in [2.24, 2.45) is 0 Å². The predicted octanol–water partition coefficient (Wildman–Crippen LogP) is 4.58. The van der Waals surface area contributed by atoms with Gasteiger partial charge >= 0.3 is 0 Å². The zero-order valence-electron chi connectivity index (χ0n) is 12.2. The van der Waals surface area contributed by atoms with Crippen molar-refractivity contribution in [3.8, 4) is 17.2 Å². The van der Waals surface area contributed by atoms with E-state index in [4.69, 9.17) is 15.2 Å². The van der Waals surface area contributed by atoms with Crippen LogP contribution in [0.1, 0.15) is 31.7 Å². The number of para-hydroxylation sites is 1. The lowest BCUT2D eigenvalue weighted by Gasteiger charge is -2.13. The Morgan fingerprint density at radius 3 is 2.30 bits per heavy atom. The van der Waals surface area contributed by atoms with Crippen LogP contribution >= 0.6 is 0 Å². The van der Waals surface area contributed by atoms with Crippen molar-refractivity contribution in [3.05, 3.63) is 48.0 Å². The standard InChI is InChI=1S/C17H21NO2/c1-4-12(2)13-8-10-14(11-9-13)20-16-7-5-6-15(19-3)17(16)18/h5-12H,4,18H2,1-3H3. The van der Waals surface area contributed by atoms with Crippen LogP contribution < -0.4 is 15.2 Å². The molecule has 2 aromatic carbocycles. The van der Waals surface area contributed by atoms with Crippen LogP contribution in [0.5, 0.6) is 17.2 Å². The minimum absolute atomic E-state index is 0.515. The lowest BCUT2D eigenvalue weighted by atomic mass is 9.99. The van der Waals surface area contributed by atoms with Gasteiger partial charge in [0.25, 0.3) is 0 Å². The fourth-order valence-electron chi connectivity index (χ4n) is 2.02. The summed E-state index contributed by atoms with van der Waals surface area (Å²) in [6, 6.07) is 13.6. The highest BCUT2D eigenvalue weighted by Crippen LogP contribution is 2.34. The normalized spacial score (nSPS) is 11.9. The molecule has 3 nitrogen and oxygen atoms in total. The molecule has 1 atom stereocenters. The lowest BCUT2D eigenvalue weighted by molar-refractivity contribution is 0.412. The molecule has 0 spiro atoms. The summed E-state index contributed by atoms with van der Waals surface area (Å²) in [6.45, 7) is 4.40. The highest BCUT2D eigenvalue weighted by atomic mass is 16.5. The van der Waals surface area contributed by atoms with E-state index in [0.29, 0.717) is 23.1 Å². The number of hydrogen-bond donors (Lipinski definition) is 1. The lowest BCUT2D eigenvalue weighted by Crippen LogP contribution is -1.96. The number of ether oxygens (including phenoxy) is 2. The van der Waals surface area contributed by atoms with Gasteiger partial charge in [-0.1, -0.05) is 32.0 Å². The minimum Gasteiger partial charge on any atom is -0.494 e. The monoisotopic (exact) mass is 271 g/mol. The van der Waals surface area contributed by atoms with Crippen LogP contribution in [0.4, 0.5) is 5.69 Å². The molecule has 106 valence electrons. The van der Waals surface area contributed by atoms with Crippen molar-refractivity contribution < 1.29 is 9.47 Å². The van der Waals surface area contributed by atoms with E-state index in [1.165, 1.54) is 5.56 Å². The number of nitrogen functional groups attached to an aromatic ring is 1. The molecule has 0 radical (unpaired) electrons. The summed E-state index contributed by atoms with van der Waals surface area (Å²) in [4.78, 5) is 0. The van der Waals surface area contributed by atoms with Gasteiger partial charge in [0, 0.05) is 0 Å². The van der Waals surface area contributed by atoms with Gasteiger partial charge in [0.1, 0.15) is 17.2 Å². The average Bonchev–Trinajstić information content (AvgIpc) is 2.49. The topological polar surface area (TPSA) is 44.5 Å². The maximum absolute atomic E-state index is 5.99. The Hall–Kier alpha value is -2.16. The van der Waals surface area contributed by atoms with Crippen molar-refractivity contribution in [3.63, 3.8) is 0 Å². The number of anilines is 1. The van der Waals surface area contributed by atoms with Crippen LogP contribution in [0, 0.1) is 0 Å². The van der Waals surface area contributed by atoms with Crippen molar-refractivity contribution in [2.75, 3.05) is 12.8 Å². The molecule has 0 aliphatic heterocycles. The maximum atomic E-state index is 5.99. The van der Waals surface area contributed by atoms with Gasteiger partial charge in [-0.05, 0) is 42.2 Å². The molecule has 3 heteroatoms. The molecule has 2 rings (SSSR count). The summed E-state index contributed by atoms with van der Waals surface area (Å²) < 4.78 is 11.0. The molecule has 20 heavy (non-hydrogen) atoms. The largest absolute Gasteiger partial charge is 0.494 e. The molecule has 0 bridgehead atoms. The van der Waals surface area contributed by atoms with Crippen LogP contribution in [0.3, 0.4) is 0 Å². The third kappa shape index (κ3) is 3.05. The molecule has 1 unspecified atom stereocenters. The molecule has 0 amide bonds. The first kappa shape index (κ1) is 14.3. The zero-order chi connectivity index (χ0) is 14.5. The quantitative estimate of drug-likeness (QED) is 0.809. The van der Waals surface area contributed by atoms with Crippen molar-refractivity contribution in [2.45, 2.75) is 26.2 Å². The van der Waals surface area contributed by atoms with Crippen LogP contribution in [0.2, 0.25) is 0 Å². The maximum Gasteiger partial charge on any atom is 0.154 e. The molecular weight excluding hydrogens is 250 g/mol. The first-order valence-electron chi connectivity index (χ1n) is 6.86. The van der Waals surface area contributed by atoms with Gasteiger partial charge < -0.3 is 15.2 Å².